The summed E-state index contributed by atoms with van der Waals surface area (Å²) in [4.78, 5) is 4.57. The molecule has 0 amide bonds. The second kappa shape index (κ2) is 5.67. The zero-order valence-electron chi connectivity index (χ0n) is 12.0. The van der Waals surface area contributed by atoms with Gasteiger partial charge in [-0.3, -0.25) is 4.99 Å². The molecule has 1 aliphatic heterocycles. The standard InChI is InChI=1S/C17H17NO2Si/c1-3-21(2)19-13-15-9-4-6-10-16(15)18-12-14-8-5-7-11-17(14)20-21/h3-12H,1,13H2,2H3. The Bertz CT molecular complexity index is 699. The number of nitrogens with zero attached hydrogens (tertiary/aromatic N) is 1. The van der Waals surface area contributed by atoms with E-state index in [0.717, 1.165) is 22.6 Å². The normalized spacial score (nSPS) is 20.8. The quantitative estimate of drug-likeness (QED) is 0.740. The summed E-state index contributed by atoms with van der Waals surface area (Å²) < 4.78 is 12.2. The Morgan fingerprint density at radius 3 is 2.76 bits per heavy atom. The number of para-hydroxylation sites is 2. The van der Waals surface area contributed by atoms with Crippen molar-refractivity contribution in [3.63, 3.8) is 0 Å². The third-order valence-corrected chi connectivity index (χ3v) is 5.54. The molecule has 1 unspecified atom stereocenters. The molecule has 0 N–H and O–H groups in total. The van der Waals surface area contributed by atoms with Crippen molar-refractivity contribution in [3.8, 4) is 5.75 Å². The molecule has 0 bridgehead atoms. The largest absolute Gasteiger partial charge is 0.517 e. The molecule has 0 spiro atoms. The highest BCUT2D eigenvalue weighted by Gasteiger charge is 2.31. The fourth-order valence-corrected chi connectivity index (χ4v) is 3.47. The fraction of sp³-hybridized carbons (Fsp3) is 0.118. The van der Waals surface area contributed by atoms with Gasteiger partial charge in [0.05, 0.1) is 12.3 Å². The summed E-state index contributed by atoms with van der Waals surface area (Å²) in [5, 5.41) is 0. The molecule has 0 aromatic heterocycles. The van der Waals surface area contributed by atoms with E-state index in [1.807, 2.05) is 67.0 Å². The van der Waals surface area contributed by atoms with Gasteiger partial charge in [0.1, 0.15) is 5.75 Å². The van der Waals surface area contributed by atoms with Gasteiger partial charge in [0, 0.05) is 17.3 Å². The van der Waals surface area contributed by atoms with Gasteiger partial charge in [-0.05, 0) is 30.4 Å². The predicted octanol–water partition coefficient (Wildman–Crippen LogP) is 4.14. The summed E-state index contributed by atoms with van der Waals surface area (Å²) in [5.74, 6) is 0.787. The third kappa shape index (κ3) is 2.96. The molecular weight excluding hydrogens is 278 g/mol. The Morgan fingerprint density at radius 1 is 1.14 bits per heavy atom. The van der Waals surface area contributed by atoms with Gasteiger partial charge in [-0.1, -0.05) is 30.3 Å². The summed E-state index contributed by atoms with van der Waals surface area (Å²) in [5.41, 5.74) is 4.73. The molecule has 0 saturated carbocycles. The first-order valence-corrected chi connectivity index (χ1v) is 9.27. The van der Waals surface area contributed by atoms with Gasteiger partial charge in [-0.2, -0.15) is 0 Å². The lowest BCUT2D eigenvalue weighted by Crippen LogP contribution is -2.40. The topological polar surface area (TPSA) is 30.8 Å². The minimum Gasteiger partial charge on any atom is -0.517 e. The van der Waals surface area contributed by atoms with E-state index >= 15 is 0 Å². The van der Waals surface area contributed by atoms with E-state index in [1.165, 1.54) is 0 Å². The van der Waals surface area contributed by atoms with Gasteiger partial charge in [0.2, 0.25) is 0 Å². The summed E-state index contributed by atoms with van der Waals surface area (Å²) in [6, 6.07) is 15.8. The maximum absolute atomic E-state index is 6.13. The van der Waals surface area contributed by atoms with Crippen LogP contribution in [0.15, 0.2) is 65.8 Å². The Kier molecular flexibility index (Phi) is 3.73. The summed E-state index contributed by atoms with van der Waals surface area (Å²) in [6.07, 6.45) is 1.84. The third-order valence-electron chi connectivity index (χ3n) is 3.45. The second-order valence-electron chi connectivity index (χ2n) is 5.04. The van der Waals surface area contributed by atoms with Crippen molar-refractivity contribution < 1.29 is 8.85 Å². The molecule has 1 aliphatic rings. The predicted molar refractivity (Wildman–Crippen MR) is 87.4 cm³/mol. The lowest BCUT2D eigenvalue weighted by Gasteiger charge is -2.26. The highest BCUT2D eigenvalue weighted by atomic mass is 28.4. The van der Waals surface area contributed by atoms with Crippen LogP contribution in [0.3, 0.4) is 0 Å². The van der Waals surface area contributed by atoms with E-state index in [9.17, 15) is 0 Å². The molecule has 2 aromatic rings. The van der Waals surface area contributed by atoms with Crippen molar-refractivity contribution in [2.24, 2.45) is 4.99 Å². The van der Waals surface area contributed by atoms with E-state index in [2.05, 4.69) is 11.6 Å². The average molecular weight is 295 g/mol. The van der Waals surface area contributed by atoms with Crippen LogP contribution in [0.4, 0.5) is 5.69 Å². The monoisotopic (exact) mass is 295 g/mol. The molecule has 2 aromatic carbocycles. The maximum Gasteiger partial charge on any atom is 0.422 e. The Morgan fingerprint density at radius 2 is 1.90 bits per heavy atom. The highest BCUT2D eigenvalue weighted by Crippen LogP contribution is 2.27. The second-order valence-corrected chi connectivity index (χ2v) is 7.97. The van der Waals surface area contributed by atoms with Gasteiger partial charge >= 0.3 is 8.56 Å². The number of hydrogen-bond acceptors (Lipinski definition) is 3. The van der Waals surface area contributed by atoms with Crippen LogP contribution in [0.2, 0.25) is 6.55 Å². The van der Waals surface area contributed by atoms with E-state index < -0.39 is 8.56 Å². The minimum atomic E-state index is -2.47. The molecular formula is C17H17NO2Si. The summed E-state index contributed by atoms with van der Waals surface area (Å²) in [6.45, 7) is 6.36. The zero-order valence-corrected chi connectivity index (χ0v) is 13.0. The number of benzene rings is 2. The van der Waals surface area contributed by atoms with Crippen LogP contribution in [0.25, 0.3) is 0 Å². The van der Waals surface area contributed by atoms with Crippen molar-refractivity contribution in [1.29, 1.82) is 0 Å². The van der Waals surface area contributed by atoms with Crippen LogP contribution in [0.1, 0.15) is 11.1 Å². The SMILES string of the molecule is C=C[Si]1(C)OCc2ccccc2N=Cc2ccccc2O1. The highest BCUT2D eigenvalue weighted by molar-refractivity contribution is 6.71. The van der Waals surface area contributed by atoms with Crippen LogP contribution in [-0.2, 0) is 11.0 Å². The Labute approximate surface area is 125 Å². The summed E-state index contributed by atoms with van der Waals surface area (Å²) in [7, 11) is -2.47. The molecule has 0 fully saturated rings. The van der Waals surface area contributed by atoms with Gasteiger partial charge < -0.3 is 8.85 Å². The average Bonchev–Trinajstić information content (AvgIpc) is 2.53. The van der Waals surface area contributed by atoms with Crippen LogP contribution < -0.4 is 4.43 Å². The van der Waals surface area contributed by atoms with Gasteiger partial charge in [-0.25, -0.2) is 0 Å². The fourth-order valence-electron chi connectivity index (χ4n) is 2.15. The molecule has 0 radical (unpaired) electrons. The smallest absolute Gasteiger partial charge is 0.422 e. The molecule has 3 rings (SSSR count). The van der Waals surface area contributed by atoms with Crippen LogP contribution in [0.5, 0.6) is 5.75 Å². The van der Waals surface area contributed by atoms with Crippen molar-refractivity contribution in [1.82, 2.24) is 0 Å². The Balaban J connectivity index is 2.12. The van der Waals surface area contributed by atoms with Crippen molar-refractivity contribution in [2.75, 3.05) is 0 Å². The minimum absolute atomic E-state index is 0.477. The van der Waals surface area contributed by atoms with Crippen LogP contribution >= 0.6 is 0 Å². The molecule has 0 aliphatic carbocycles. The van der Waals surface area contributed by atoms with E-state index in [4.69, 9.17) is 8.85 Å². The number of fused-ring (bicyclic) bond motifs is 2. The lowest BCUT2D eigenvalue weighted by atomic mass is 10.2. The van der Waals surface area contributed by atoms with Crippen molar-refractivity contribution in [3.05, 3.63) is 71.9 Å². The van der Waals surface area contributed by atoms with Gasteiger partial charge in [0.15, 0.2) is 0 Å². The number of hydrogen-bond donors (Lipinski definition) is 0. The number of rotatable bonds is 1. The Hall–Kier alpha value is -2.17. The zero-order chi connectivity index (χ0) is 14.7. The van der Waals surface area contributed by atoms with Gasteiger partial charge in [-0.15, -0.1) is 6.58 Å². The van der Waals surface area contributed by atoms with Gasteiger partial charge in [0.25, 0.3) is 0 Å². The van der Waals surface area contributed by atoms with Crippen LogP contribution in [-0.4, -0.2) is 14.8 Å². The van der Waals surface area contributed by atoms with Crippen molar-refractivity contribution in [2.45, 2.75) is 13.2 Å². The first-order chi connectivity index (χ1) is 10.2. The summed E-state index contributed by atoms with van der Waals surface area (Å²) >= 11 is 0. The molecule has 21 heavy (non-hydrogen) atoms. The first-order valence-electron chi connectivity index (χ1n) is 6.88. The van der Waals surface area contributed by atoms with E-state index in [0.29, 0.717) is 6.61 Å². The molecule has 1 heterocycles. The molecule has 3 nitrogen and oxygen atoms in total. The molecule has 106 valence electrons. The number of aliphatic imine (C=N–C) groups is 1. The van der Waals surface area contributed by atoms with E-state index in [-0.39, 0.29) is 0 Å². The lowest BCUT2D eigenvalue weighted by molar-refractivity contribution is 0.242. The first kappa shape index (κ1) is 13.8. The van der Waals surface area contributed by atoms with E-state index in [1.54, 1.807) is 0 Å². The maximum atomic E-state index is 6.13. The molecule has 1 atom stereocenters. The van der Waals surface area contributed by atoms with Crippen molar-refractivity contribution >= 4 is 20.5 Å². The van der Waals surface area contributed by atoms with Crippen LogP contribution in [0, 0.1) is 0 Å². The molecule has 0 saturated heterocycles. The molecule has 4 heteroatoms.